The van der Waals surface area contributed by atoms with Gasteiger partial charge in [0.25, 0.3) is 0 Å². The average molecular weight is 166 g/mol. The summed E-state index contributed by atoms with van der Waals surface area (Å²) in [5.41, 5.74) is 0.476. The van der Waals surface area contributed by atoms with Gasteiger partial charge in [-0.05, 0) is 26.2 Å². The third-order valence-corrected chi connectivity index (χ3v) is 3.16. The molecule has 1 aliphatic carbocycles. The maximum Gasteiger partial charge on any atom is 0.334 e. The van der Waals surface area contributed by atoms with Crippen molar-refractivity contribution in [3.05, 3.63) is 12.2 Å². The molecule has 1 saturated heterocycles. The highest BCUT2D eigenvalue weighted by Gasteiger charge is 2.49. The van der Waals surface area contributed by atoms with Crippen LogP contribution >= 0.6 is 0 Å². The van der Waals surface area contributed by atoms with Crippen molar-refractivity contribution in [1.82, 2.24) is 0 Å². The summed E-state index contributed by atoms with van der Waals surface area (Å²) in [6.07, 6.45) is 4.45. The van der Waals surface area contributed by atoms with Crippen molar-refractivity contribution < 1.29 is 9.53 Å². The summed E-state index contributed by atoms with van der Waals surface area (Å²) < 4.78 is 5.33. The average Bonchev–Trinajstić information content (AvgIpc) is 2.24. The molecular weight excluding hydrogens is 152 g/mol. The van der Waals surface area contributed by atoms with Crippen LogP contribution in [0.4, 0.5) is 0 Å². The van der Waals surface area contributed by atoms with Gasteiger partial charge in [0, 0.05) is 11.5 Å². The molecule has 0 radical (unpaired) electrons. The zero-order chi connectivity index (χ0) is 8.77. The van der Waals surface area contributed by atoms with Gasteiger partial charge in [0.2, 0.25) is 0 Å². The predicted octanol–water partition coefficient (Wildman–Crippen LogP) is 2.05. The van der Waals surface area contributed by atoms with Gasteiger partial charge < -0.3 is 4.74 Å². The summed E-state index contributed by atoms with van der Waals surface area (Å²) in [5.74, 6) is 0.114. The van der Waals surface area contributed by atoms with Gasteiger partial charge in [0.05, 0.1) is 0 Å². The molecule has 12 heavy (non-hydrogen) atoms. The van der Waals surface area contributed by atoms with Crippen molar-refractivity contribution in [1.29, 1.82) is 0 Å². The fourth-order valence-electron chi connectivity index (χ4n) is 2.39. The summed E-state index contributed by atoms with van der Waals surface area (Å²) in [7, 11) is 0. The number of hydrogen-bond acceptors (Lipinski definition) is 2. The molecule has 2 aliphatic rings. The molecule has 0 aromatic heterocycles. The summed E-state index contributed by atoms with van der Waals surface area (Å²) >= 11 is 0. The number of carbonyl (C=O) groups excluding carboxylic acids is 1. The van der Waals surface area contributed by atoms with Crippen LogP contribution in [0.15, 0.2) is 12.2 Å². The van der Waals surface area contributed by atoms with E-state index >= 15 is 0 Å². The lowest BCUT2D eigenvalue weighted by atomic mass is 9.75. The fourth-order valence-corrected chi connectivity index (χ4v) is 2.39. The summed E-state index contributed by atoms with van der Waals surface area (Å²) in [4.78, 5) is 11.2. The Kier molecular flexibility index (Phi) is 1.53. The summed E-state index contributed by atoms with van der Waals surface area (Å²) in [5, 5.41) is 0. The van der Waals surface area contributed by atoms with Gasteiger partial charge in [0.1, 0.15) is 5.60 Å². The van der Waals surface area contributed by atoms with Crippen molar-refractivity contribution in [3.63, 3.8) is 0 Å². The van der Waals surface area contributed by atoms with Crippen LogP contribution in [-0.4, -0.2) is 11.6 Å². The zero-order valence-electron chi connectivity index (χ0n) is 7.43. The van der Waals surface area contributed by atoms with E-state index < -0.39 is 0 Å². The van der Waals surface area contributed by atoms with E-state index in [1.54, 1.807) is 0 Å². The number of esters is 1. The second-order valence-corrected chi connectivity index (χ2v) is 4.03. The molecule has 66 valence electrons. The topological polar surface area (TPSA) is 26.3 Å². The van der Waals surface area contributed by atoms with Gasteiger partial charge in [0.15, 0.2) is 0 Å². The van der Waals surface area contributed by atoms with Gasteiger partial charge in [-0.15, -0.1) is 0 Å². The molecule has 0 bridgehead atoms. The van der Waals surface area contributed by atoms with Crippen LogP contribution in [0.1, 0.15) is 32.6 Å². The monoisotopic (exact) mass is 166 g/mol. The molecule has 1 heterocycles. The zero-order valence-corrected chi connectivity index (χ0v) is 7.43. The molecular formula is C10H14O2. The molecule has 0 N–H and O–H groups in total. The minimum atomic E-state index is -0.216. The van der Waals surface area contributed by atoms with Gasteiger partial charge >= 0.3 is 5.97 Å². The Labute approximate surface area is 72.6 Å². The van der Waals surface area contributed by atoms with E-state index in [2.05, 4.69) is 6.58 Å². The highest BCUT2D eigenvalue weighted by Crippen LogP contribution is 2.45. The van der Waals surface area contributed by atoms with Crippen LogP contribution in [0, 0.1) is 5.92 Å². The molecule has 0 aromatic rings. The minimum Gasteiger partial charge on any atom is -0.455 e. The van der Waals surface area contributed by atoms with Gasteiger partial charge in [-0.1, -0.05) is 13.0 Å². The van der Waals surface area contributed by atoms with Crippen LogP contribution in [0.3, 0.4) is 0 Å². The maximum absolute atomic E-state index is 11.2. The molecule has 2 rings (SSSR count). The maximum atomic E-state index is 11.2. The van der Waals surface area contributed by atoms with Gasteiger partial charge in [-0.2, -0.15) is 0 Å². The lowest BCUT2D eigenvalue weighted by molar-refractivity contribution is -0.148. The van der Waals surface area contributed by atoms with Crippen molar-refractivity contribution in [2.24, 2.45) is 5.92 Å². The molecule has 2 fully saturated rings. The Morgan fingerprint density at radius 1 is 1.58 bits per heavy atom. The Hall–Kier alpha value is -0.790. The second-order valence-electron chi connectivity index (χ2n) is 4.03. The normalized spacial score (nSPS) is 40.9. The molecule has 2 atom stereocenters. The highest BCUT2D eigenvalue weighted by atomic mass is 16.6. The van der Waals surface area contributed by atoms with E-state index in [-0.39, 0.29) is 11.6 Å². The lowest BCUT2D eigenvalue weighted by Gasteiger charge is -2.33. The highest BCUT2D eigenvalue weighted by molar-refractivity contribution is 5.91. The number of rotatable bonds is 0. The third-order valence-electron chi connectivity index (χ3n) is 3.16. The first-order valence-electron chi connectivity index (χ1n) is 4.56. The first kappa shape index (κ1) is 7.84. The molecule has 0 unspecified atom stereocenters. The van der Waals surface area contributed by atoms with E-state index in [9.17, 15) is 4.79 Å². The number of fused-ring (bicyclic) bond motifs is 1. The Morgan fingerprint density at radius 2 is 2.33 bits per heavy atom. The van der Waals surface area contributed by atoms with Crippen LogP contribution < -0.4 is 0 Å². The Morgan fingerprint density at radius 3 is 3.00 bits per heavy atom. The van der Waals surface area contributed by atoms with Crippen molar-refractivity contribution in [2.45, 2.75) is 38.2 Å². The van der Waals surface area contributed by atoms with E-state index in [0.29, 0.717) is 11.5 Å². The van der Waals surface area contributed by atoms with Crippen LogP contribution in [0.5, 0.6) is 0 Å². The first-order valence-corrected chi connectivity index (χ1v) is 4.56. The second kappa shape index (κ2) is 2.35. The molecule has 2 heteroatoms. The Bertz CT molecular complexity index is 244. The number of carbonyl (C=O) groups is 1. The molecule has 1 aliphatic heterocycles. The third kappa shape index (κ3) is 0.904. The lowest BCUT2D eigenvalue weighted by Crippen LogP contribution is -2.34. The summed E-state index contributed by atoms with van der Waals surface area (Å²) in [6.45, 7) is 5.82. The molecule has 2 nitrogen and oxygen atoms in total. The van der Waals surface area contributed by atoms with E-state index in [1.807, 2.05) is 6.92 Å². The molecule has 0 amide bonds. The largest absolute Gasteiger partial charge is 0.455 e. The SMILES string of the molecule is C=C1C(=O)O[C@]2(C)CCCC[C@H]12. The van der Waals surface area contributed by atoms with E-state index in [1.165, 1.54) is 12.8 Å². The smallest absolute Gasteiger partial charge is 0.334 e. The standard InChI is InChI=1S/C10H14O2/c1-7-8-5-3-4-6-10(8,2)12-9(7)11/h8H,1,3-6H2,2H3/t8-,10-/m1/s1. The van der Waals surface area contributed by atoms with Gasteiger partial charge in [-0.3, -0.25) is 0 Å². The molecule has 0 aromatic carbocycles. The first-order chi connectivity index (χ1) is 5.63. The van der Waals surface area contributed by atoms with E-state index in [0.717, 1.165) is 12.8 Å². The Balaban J connectivity index is 2.30. The fraction of sp³-hybridized carbons (Fsp3) is 0.700. The van der Waals surface area contributed by atoms with Crippen LogP contribution in [0.25, 0.3) is 0 Å². The molecule has 0 spiro atoms. The minimum absolute atomic E-state index is 0.176. The van der Waals surface area contributed by atoms with Crippen molar-refractivity contribution >= 4 is 5.97 Å². The van der Waals surface area contributed by atoms with E-state index in [4.69, 9.17) is 4.74 Å². The molecule has 1 saturated carbocycles. The number of ether oxygens (including phenoxy) is 1. The van der Waals surface area contributed by atoms with Crippen LogP contribution in [0.2, 0.25) is 0 Å². The predicted molar refractivity (Wildman–Crippen MR) is 45.6 cm³/mol. The summed E-state index contributed by atoms with van der Waals surface area (Å²) in [6, 6.07) is 0. The van der Waals surface area contributed by atoms with Crippen LogP contribution in [-0.2, 0) is 9.53 Å². The quantitative estimate of drug-likeness (QED) is 0.406. The van der Waals surface area contributed by atoms with Gasteiger partial charge in [-0.25, -0.2) is 4.79 Å². The number of hydrogen-bond donors (Lipinski definition) is 0. The van der Waals surface area contributed by atoms with Crippen molar-refractivity contribution in [3.8, 4) is 0 Å². The van der Waals surface area contributed by atoms with Crippen molar-refractivity contribution in [2.75, 3.05) is 0 Å².